The van der Waals surface area contributed by atoms with Gasteiger partial charge in [0.2, 0.25) is 0 Å². The Bertz CT molecular complexity index is 596. The quantitative estimate of drug-likeness (QED) is 0.735. The topological polar surface area (TPSA) is 20.2 Å². The van der Waals surface area contributed by atoms with E-state index in [1.54, 1.807) is 13.0 Å². The van der Waals surface area contributed by atoms with Gasteiger partial charge < -0.3 is 5.11 Å². The van der Waals surface area contributed by atoms with E-state index < -0.39 is 5.60 Å². The molecule has 0 aliphatic rings. The molecule has 1 nitrogen and oxygen atoms in total. The lowest BCUT2D eigenvalue weighted by atomic mass is 9.89. The van der Waals surface area contributed by atoms with Crippen LogP contribution in [0.4, 0.5) is 0 Å². The zero-order valence-corrected chi connectivity index (χ0v) is 14.3. The van der Waals surface area contributed by atoms with Crippen LogP contribution in [0.5, 0.6) is 0 Å². The third kappa shape index (κ3) is 3.82. The molecule has 2 aromatic carbocycles. The van der Waals surface area contributed by atoms with Crippen molar-refractivity contribution in [2.75, 3.05) is 0 Å². The third-order valence-electron chi connectivity index (χ3n) is 2.95. The lowest BCUT2D eigenvalue weighted by Gasteiger charge is -2.25. The van der Waals surface area contributed by atoms with Crippen molar-refractivity contribution in [2.24, 2.45) is 0 Å². The van der Waals surface area contributed by atoms with Crippen LogP contribution >= 0.6 is 43.5 Å². The summed E-state index contributed by atoms with van der Waals surface area (Å²) in [6, 6.07) is 13.4. The van der Waals surface area contributed by atoms with Crippen LogP contribution < -0.4 is 0 Å². The molecule has 0 bridgehead atoms. The van der Waals surface area contributed by atoms with E-state index in [9.17, 15) is 5.11 Å². The lowest BCUT2D eigenvalue weighted by molar-refractivity contribution is 0.0577. The van der Waals surface area contributed by atoms with E-state index in [0.717, 1.165) is 20.1 Å². The first-order chi connectivity index (χ1) is 8.88. The van der Waals surface area contributed by atoms with E-state index in [1.165, 1.54) is 0 Å². The molecule has 0 saturated carbocycles. The Morgan fingerprint density at radius 1 is 1.11 bits per heavy atom. The van der Waals surface area contributed by atoms with Crippen molar-refractivity contribution in [2.45, 2.75) is 18.9 Å². The van der Waals surface area contributed by atoms with E-state index in [0.29, 0.717) is 11.4 Å². The molecule has 1 N–H and O–H groups in total. The fourth-order valence-electron chi connectivity index (χ4n) is 2.07. The minimum Gasteiger partial charge on any atom is -0.385 e. The number of rotatable bonds is 3. The van der Waals surface area contributed by atoms with Crippen LogP contribution in [0.2, 0.25) is 5.02 Å². The van der Waals surface area contributed by atoms with E-state index in [2.05, 4.69) is 31.9 Å². The standard InChI is InChI=1S/C15H13Br2ClO/c1-15(19,9-10-3-2-4-11(16)7-10)13-6-5-12(17)8-14(13)18/h2-8,19H,9H2,1H3. The van der Waals surface area contributed by atoms with E-state index >= 15 is 0 Å². The van der Waals surface area contributed by atoms with Gasteiger partial charge in [0.1, 0.15) is 0 Å². The van der Waals surface area contributed by atoms with Crippen molar-refractivity contribution in [1.29, 1.82) is 0 Å². The highest BCUT2D eigenvalue weighted by Crippen LogP contribution is 2.33. The molecule has 4 heteroatoms. The van der Waals surface area contributed by atoms with Crippen molar-refractivity contribution in [1.82, 2.24) is 0 Å². The molecule has 19 heavy (non-hydrogen) atoms. The lowest BCUT2D eigenvalue weighted by Crippen LogP contribution is -2.24. The molecule has 0 amide bonds. The largest absolute Gasteiger partial charge is 0.385 e. The van der Waals surface area contributed by atoms with Crippen molar-refractivity contribution in [3.63, 3.8) is 0 Å². The molecule has 0 radical (unpaired) electrons. The van der Waals surface area contributed by atoms with Gasteiger partial charge in [0.25, 0.3) is 0 Å². The summed E-state index contributed by atoms with van der Waals surface area (Å²) in [7, 11) is 0. The molecule has 1 unspecified atom stereocenters. The third-order valence-corrected chi connectivity index (χ3v) is 4.25. The molecule has 0 spiro atoms. The van der Waals surface area contributed by atoms with Gasteiger partial charge in [-0.2, -0.15) is 0 Å². The van der Waals surface area contributed by atoms with Crippen molar-refractivity contribution in [3.8, 4) is 0 Å². The van der Waals surface area contributed by atoms with Gasteiger partial charge in [-0.05, 0) is 36.8 Å². The van der Waals surface area contributed by atoms with E-state index in [1.807, 2.05) is 36.4 Å². The first kappa shape index (κ1) is 15.0. The molecule has 0 heterocycles. The SMILES string of the molecule is CC(O)(Cc1cccc(Br)c1)c1ccc(Br)cc1Cl. The van der Waals surface area contributed by atoms with Crippen molar-refractivity contribution < 1.29 is 5.11 Å². The summed E-state index contributed by atoms with van der Waals surface area (Å²) in [6.45, 7) is 1.78. The molecule has 0 aromatic heterocycles. The molecule has 100 valence electrons. The van der Waals surface area contributed by atoms with Gasteiger partial charge >= 0.3 is 0 Å². The Morgan fingerprint density at radius 3 is 2.42 bits per heavy atom. The number of benzene rings is 2. The number of hydrogen-bond acceptors (Lipinski definition) is 1. The summed E-state index contributed by atoms with van der Waals surface area (Å²) in [4.78, 5) is 0. The van der Waals surface area contributed by atoms with Crippen LogP contribution in [0.1, 0.15) is 18.1 Å². The predicted octanol–water partition coefficient (Wildman–Crippen LogP) is 5.32. The minimum absolute atomic E-state index is 0.508. The average molecular weight is 405 g/mol. The Labute approximate surface area is 134 Å². The zero-order valence-electron chi connectivity index (χ0n) is 10.3. The monoisotopic (exact) mass is 402 g/mol. The molecule has 0 saturated heterocycles. The minimum atomic E-state index is -1.00. The van der Waals surface area contributed by atoms with Crippen LogP contribution in [-0.2, 0) is 12.0 Å². The van der Waals surface area contributed by atoms with Crippen LogP contribution in [0, 0.1) is 0 Å². The number of aliphatic hydroxyl groups is 1. The summed E-state index contributed by atoms with van der Waals surface area (Å²) in [5.41, 5.74) is 0.786. The zero-order chi connectivity index (χ0) is 14.0. The van der Waals surface area contributed by atoms with Gasteiger partial charge in [-0.15, -0.1) is 0 Å². The predicted molar refractivity (Wildman–Crippen MR) is 86.6 cm³/mol. The molecule has 0 aliphatic carbocycles. The highest BCUT2D eigenvalue weighted by Gasteiger charge is 2.26. The molecule has 2 rings (SSSR count). The fraction of sp³-hybridized carbons (Fsp3) is 0.200. The maximum Gasteiger partial charge on any atom is 0.0923 e. The number of halogens is 3. The molecular weight excluding hydrogens is 391 g/mol. The first-order valence-electron chi connectivity index (χ1n) is 5.81. The summed E-state index contributed by atoms with van der Waals surface area (Å²) in [5.74, 6) is 0. The average Bonchev–Trinajstić information content (AvgIpc) is 2.27. The van der Waals surface area contributed by atoms with Gasteiger partial charge in [-0.3, -0.25) is 0 Å². The second-order valence-electron chi connectivity index (χ2n) is 4.70. The van der Waals surface area contributed by atoms with Crippen LogP contribution in [0.3, 0.4) is 0 Å². The maximum atomic E-state index is 10.7. The van der Waals surface area contributed by atoms with E-state index in [-0.39, 0.29) is 0 Å². The summed E-state index contributed by atoms with van der Waals surface area (Å²) < 4.78 is 1.90. The maximum absolute atomic E-state index is 10.7. The molecule has 0 aliphatic heterocycles. The molecule has 2 aromatic rings. The Kier molecular flexibility index (Phi) is 4.72. The highest BCUT2D eigenvalue weighted by molar-refractivity contribution is 9.10. The summed E-state index contributed by atoms with van der Waals surface area (Å²) in [5, 5.41) is 11.3. The van der Waals surface area contributed by atoms with Crippen molar-refractivity contribution in [3.05, 3.63) is 67.6 Å². The van der Waals surface area contributed by atoms with Crippen molar-refractivity contribution >= 4 is 43.5 Å². The highest BCUT2D eigenvalue weighted by atomic mass is 79.9. The Morgan fingerprint density at radius 2 is 1.79 bits per heavy atom. The second kappa shape index (κ2) is 5.96. The van der Waals surface area contributed by atoms with Gasteiger partial charge in [-0.1, -0.05) is 61.7 Å². The number of hydrogen-bond donors (Lipinski definition) is 1. The van der Waals surface area contributed by atoms with E-state index in [4.69, 9.17) is 11.6 Å². The molecule has 0 fully saturated rings. The fourth-order valence-corrected chi connectivity index (χ4v) is 3.39. The Hall–Kier alpha value is -0.350. The Balaban J connectivity index is 2.31. The summed E-state index contributed by atoms with van der Waals surface area (Å²) >= 11 is 13.0. The van der Waals surface area contributed by atoms with Gasteiger partial charge in [0, 0.05) is 26.0 Å². The molecular formula is C15H13Br2ClO. The van der Waals surface area contributed by atoms with Crippen LogP contribution in [0.25, 0.3) is 0 Å². The van der Waals surface area contributed by atoms with Gasteiger partial charge in [-0.25, -0.2) is 0 Å². The van der Waals surface area contributed by atoms with Gasteiger partial charge in [0.15, 0.2) is 0 Å². The van der Waals surface area contributed by atoms with Crippen LogP contribution in [0.15, 0.2) is 51.4 Å². The second-order valence-corrected chi connectivity index (χ2v) is 6.94. The smallest absolute Gasteiger partial charge is 0.0923 e. The summed E-state index contributed by atoms with van der Waals surface area (Å²) in [6.07, 6.45) is 0.508. The first-order valence-corrected chi connectivity index (χ1v) is 7.77. The molecule has 1 atom stereocenters. The normalized spacial score (nSPS) is 14.2. The van der Waals surface area contributed by atoms with Gasteiger partial charge in [0.05, 0.1) is 5.60 Å². The van der Waals surface area contributed by atoms with Crippen LogP contribution in [-0.4, -0.2) is 5.11 Å².